The molecule has 0 saturated heterocycles. The van der Waals surface area contributed by atoms with E-state index in [1.807, 2.05) is 0 Å². The van der Waals surface area contributed by atoms with Gasteiger partial charge in [-0.1, -0.05) is 127 Å². The van der Waals surface area contributed by atoms with Crippen LogP contribution in [0.15, 0.2) is 215 Å². The zero-order valence-electron chi connectivity index (χ0n) is 32.3. The van der Waals surface area contributed by atoms with Gasteiger partial charge >= 0.3 is 0 Å². The fourth-order valence-corrected chi connectivity index (χ4v) is 9.67. The van der Waals surface area contributed by atoms with E-state index in [-0.39, 0.29) is 0 Å². The molecule has 4 heteroatoms. The summed E-state index contributed by atoms with van der Waals surface area (Å²) in [4.78, 5) is 2.41. The molecule has 3 aromatic heterocycles. The van der Waals surface area contributed by atoms with Crippen LogP contribution in [0, 0.1) is 0 Å². The van der Waals surface area contributed by atoms with Crippen LogP contribution in [0.5, 0.6) is 0 Å². The lowest BCUT2D eigenvalue weighted by molar-refractivity contribution is 0.672. The molecule has 0 bridgehead atoms. The number of para-hydroxylation sites is 3. The molecular weight excluding hydrogens is 733 g/mol. The van der Waals surface area contributed by atoms with Crippen molar-refractivity contribution in [3.63, 3.8) is 0 Å². The number of fused-ring (bicyclic) bond motifs is 13. The van der Waals surface area contributed by atoms with E-state index in [9.17, 15) is 0 Å². The molecule has 0 radical (unpaired) electrons. The van der Waals surface area contributed by atoms with Gasteiger partial charge in [-0.3, -0.25) is 0 Å². The minimum absolute atomic E-state index is 0.849. The Kier molecular flexibility index (Phi) is 6.98. The third-order valence-electron chi connectivity index (χ3n) is 12.4. The van der Waals surface area contributed by atoms with Gasteiger partial charge in [0.1, 0.15) is 22.3 Å². The molecule has 3 heterocycles. The van der Waals surface area contributed by atoms with Crippen molar-refractivity contribution in [3.8, 4) is 16.8 Å². The number of anilines is 3. The molecule has 280 valence electrons. The van der Waals surface area contributed by atoms with E-state index in [4.69, 9.17) is 8.83 Å². The van der Waals surface area contributed by atoms with Crippen molar-refractivity contribution >= 4 is 104 Å². The Morgan fingerprint density at radius 2 is 0.950 bits per heavy atom. The molecule has 13 rings (SSSR count). The largest absolute Gasteiger partial charge is 0.455 e. The van der Waals surface area contributed by atoms with Crippen LogP contribution in [0.3, 0.4) is 0 Å². The van der Waals surface area contributed by atoms with E-state index in [0.717, 1.165) is 93.9 Å². The summed E-state index contributed by atoms with van der Waals surface area (Å²) < 4.78 is 15.7. The number of benzene rings is 10. The van der Waals surface area contributed by atoms with E-state index in [2.05, 4.69) is 216 Å². The molecule has 0 fully saturated rings. The number of hydrogen-bond acceptors (Lipinski definition) is 3. The topological polar surface area (TPSA) is 34.5 Å². The molecular formula is C56H34N2O2. The number of aromatic nitrogens is 1. The second-order valence-corrected chi connectivity index (χ2v) is 15.6. The first-order valence-electron chi connectivity index (χ1n) is 20.4. The molecule has 4 nitrogen and oxygen atoms in total. The Morgan fingerprint density at radius 3 is 1.68 bits per heavy atom. The van der Waals surface area contributed by atoms with E-state index in [0.29, 0.717) is 0 Å². The van der Waals surface area contributed by atoms with Gasteiger partial charge < -0.3 is 18.3 Å². The van der Waals surface area contributed by atoms with Crippen LogP contribution in [0.1, 0.15) is 0 Å². The van der Waals surface area contributed by atoms with Crippen molar-refractivity contribution in [2.24, 2.45) is 0 Å². The third-order valence-corrected chi connectivity index (χ3v) is 12.4. The number of nitrogens with zero attached hydrogens (tertiary/aromatic N) is 2. The van der Waals surface area contributed by atoms with Crippen LogP contribution in [0.2, 0.25) is 0 Å². The summed E-state index contributed by atoms with van der Waals surface area (Å²) >= 11 is 0. The smallest absolute Gasteiger partial charge is 0.143 e. The lowest BCUT2D eigenvalue weighted by Crippen LogP contribution is -2.11. The van der Waals surface area contributed by atoms with E-state index >= 15 is 0 Å². The number of furan rings is 2. The van der Waals surface area contributed by atoms with Crippen molar-refractivity contribution in [3.05, 3.63) is 206 Å². The molecule has 0 N–H and O–H groups in total. The van der Waals surface area contributed by atoms with Crippen molar-refractivity contribution in [1.82, 2.24) is 4.57 Å². The summed E-state index contributed by atoms with van der Waals surface area (Å²) in [5.74, 6) is 0. The summed E-state index contributed by atoms with van der Waals surface area (Å²) in [6, 6.07) is 73.8. The van der Waals surface area contributed by atoms with Crippen LogP contribution in [0.4, 0.5) is 17.1 Å². The highest BCUT2D eigenvalue weighted by Gasteiger charge is 2.23. The predicted octanol–water partition coefficient (Wildman–Crippen LogP) is 16.0. The standard InChI is InChI=1S/C56H34N2O2/c1-3-15-41-35(12-1)24-31-45-47-34-37(26-33-52(47)59-55(41)45)40-14-5-8-19-48(40)58(51-22-11-23-53-54(51)46-32-25-36-13-2-4-16-42(36)56(46)60-53)39-29-27-38(28-30-39)57-49-20-9-6-17-43(49)44-18-7-10-21-50(44)57/h1-34H. The average molecular weight is 767 g/mol. The van der Waals surface area contributed by atoms with Gasteiger partial charge in [0.25, 0.3) is 0 Å². The summed E-state index contributed by atoms with van der Waals surface area (Å²) in [7, 11) is 0. The van der Waals surface area contributed by atoms with E-state index < -0.39 is 0 Å². The maximum absolute atomic E-state index is 6.76. The fourth-order valence-electron chi connectivity index (χ4n) is 9.67. The Balaban J connectivity index is 1.05. The van der Waals surface area contributed by atoms with Crippen molar-refractivity contribution in [1.29, 1.82) is 0 Å². The Bertz CT molecular complexity index is 3790. The highest BCUT2D eigenvalue weighted by molar-refractivity contribution is 6.20. The number of hydrogen-bond donors (Lipinski definition) is 0. The minimum atomic E-state index is 0.849. The molecule has 10 aromatic carbocycles. The molecule has 60 heavy (non-hydrogen) atoms. The van der Waals surface area contributed by atoms with Gasteiger partial charge in [-0.05, 0) is 95.2 Å². The highest BCUT2D eigenvalue weighted by Crippen LogP contribution is 2.48. The second kappa shape index (κ2) is 12.7. The van der Waals surface area contributed by atoms with Crippen molar-refractivity contribution < 1.29 is 8.83 Å². The van der Waals surface area contributed by atoms with Gasteiger partial charge in [0.05, 0.1) is 27.8 Å². The first kappa shape index (κ1) is 32.9. The predicted molar refractivity (Wildman–Crippen MR) is 250 cm³/mol. The van der Waals surface area contributed by atoms with Gasteiger partial charge in [0.15, 0.2) is 0 Å². The van der Waals surface area contributed by atoms with Crippen LogP contribution in [-0.2, 0) is 0 Å². The molecule has 0 saturated carbocycles. The zero-order chi connectivity index (χ0) is 39.3. The monoisotopic (exact) mass is 766 g/mol. The van der Waals surface area contributed by atoms with Crippen molar-refractivity contribution in [2.75, 3.05) is 4.90 Å². The Hall–Kier alpha value is -8.08. The molecule has 13 aromatic rings. The van der Waals surface area contributed by atoms with Crippen LogP contribution in [-0.4, -0.2) is 4.57 Å². The van der Waals surface area contributed by atoms with Gasteiger partial charge in [-0.25, -0.2) is 0 Å². The average Bonchev–Trinajstić information content (AvgIpc) is 4.00. The number of rotatable bonds is 5. The van der Waals surface area contributed by atoms with Gasteiger partial charge in [-0.2, -0.15) is 0 Å². The van der Waals surface area contributed by atoms with Gasteiger partial charge in [-0.15, -0.1) is 0 Å². The maximum atomic E-state index is 6.76. The quantitative estimate of drug-likeness (QED) is 0.175. The highest BCUT2D eigenvalue weighted by atomic mass is 16.3. The summed E-state index contributed by atoms with van der Waals surface area (Å²) in [5.41, 5.74) is 12.4. The lowest BCUT2D eigenvalue weighted by atomic mass is 9.98. The van der Waals surface area contributed by atoms with Crippen LogP contribution >= 0.6 is 0 Å². The fraction of sp³-hybridized carbons (Fsp3) is 0. The summed E-state index contributed by atoms with van der Waals surface area (Å²) in [6.07, 6.45) is 0. The van der Waals surface area contributed by atoms with Crippen molar-refractivity contribution in [2.45, 2.75) is 0 Å². The second-order valence-electron chi connectivity index (χ2n) is 15.6. The van der Waals surface area contributed by atoms with Gasteiger partial charge in [0, 0.05) is 54.6 Å². The maximum Gasteiger partial charge on any atom is 0.143 e. The zero-order valence-corrected chi connectivity index (χ0v) is 32.3. The van der Waals surface area contributed by atoms with Crippen LogP contribution < -0.4 is 4.90 Å². The minimum Gasteiger partial charge on any atom is -0.455 e. The Labute approximate surface area is 344 Å². The van der Waals surface area contributed by atoms with E-state index in [1.165, 1.54) is 27.2 Å². The Morgan fingerprint density at radius 1 is 0.367 bits per heavy atom. The van der Waals surface area contributed by atoms with E-state index in [1.54, 1.807) is 0 Å². The first-order chi connectivity index (χ1) is 29.8. The molecule has 0 unspecified atom stereocenters. The molecule has 0 amide bonds. The SMILES string of the molecule is c1ccc(N(c2ccc(-n3c4ccccc4c4ccccc43)cc2)c2cccc3oc4c5ccccc5ccc4c23)c(-c2ccc3oc4c5ccccc5ccc4c3c2)c1. The molecule has 0 aliphatic carbocycles. The molecule has 0 atom stereocenters. The molecule has 0 aliphatic heterocycles. The van der Waals surface area contributed by atoms with Gasteiger partial charge in [0.2, 0.25) is 0 Å². The third kappa shape index (κ3) is 4.79. The first-order valence-corrected chi connectivity index (χ1v) is 20.4. The van der Waals surface area contributed by atoms with Crippen LogP contribution in [0.25, 0.3) is 104 Å². The molecule has 0 spiro atoms. The lowest BCUT2D eigenvalue weighted by Gasteiger charge is -2.28. The summed E-state index contributed by atoms with van der Waals surface area (Å²) in [5, 5.41) is 11.4. The normalized spacial score (nSPS) is 12.0. The molecule has 0 aliphatic rings. The summed E-state index contributed by atoms with van der Waals surface area (Å²) in [6.45, 7) is 0.